The van der Waals surface area contributed by atoms with Gasteiger partial charge >= 0.3 is 0 Å². The SMILES string of the molecule is Cc1c(-c2ccccc2)c(NC(C)(C)C)n(C(C)C)c1C=NC(C)(C)C. The number of aliphatic imine (C=N–C) groups is 1. The minimum Gasteiger partial charge on any atom is -0.366 e. The summed E-state index contributed by atoms with van der Waals surface area (Å²) in [5, 5.41) is 3.76. The molecule has 0 aliphatic rings. The Kier molecular flexibility index (Phi) is 5.70. The quantitative estimate of drug-likeness (QED) is 0.627. The molecule has 0 radical (unpaired) electrons. The molecular formula is C23H35N3. The third kappa shape index (κ3) is 4.78. The minimum absolute atomic E-state index is 0.0284. The molecule has 1 heterocycles. The number of hydrogen-bond donors (Lipinski definition) is 1. The molecule has 0 saturated carbocycles. The zero-order chi connectivity index (χ0) is 19.7. The molecule has 0 aliphatic heterocycles. The molecule has 0 bridgehead atoms. The van der Waals surface area contributed by atoms with Crippen LogP contribution >= 0.6 is 0 Å². The summed E-state index contributed by atoms with van der Waals surface area (Å²) in [5.41, 5.74) is 4.83. The molecule has 2 rings (SSSR count). The normalized spacial score (nSPS) is 13.0. The lowest BCUT2D eigenvalue weighted by Gasteiger charge is -2.26. The Morgan fingerprint density at radius 2 is 1.58 bits per heavy atom. The third-order valence-corrected chi connectivity index (χ3v) is 4.14. The second-order valence-electron chi connectivity index (χ2n) is 9.37. The highest BCUT2D eigenvalue weighted by Crippen LogP contribution is 2.39. The van der Waals surface area contributed by atoms with Crippen molar-refractivity contribution in [2.75, 3.05) is 5.32 Å². The van der Waals surface area contributed by atoms with Gasteiger partial charge in [-0.1, -0.05) is 30.3 Å². The van der Waals surface area contributed by atoms with E-state index < -0.39 is 0 Å². The number of benzene rings is 1. The smallest absolute Gasteiger partial charge is 0.115 e. The highest BCUT2D eigenvalue weighted by atomic mass is 15.2. The van der Waals surface area contributed by atoms with Gasteiger partial charge < -0.3 is 9.88 Å². The maximum absolute atomic E-state index is 4.80. The Labute approximate surface area is 159 Å². The van der Waals surface area contributed by atoms with Crippen LogP contribution in [0.5, 0.6) is 0 Å². The first-order chi connectivity index (χ1) is 11.9. The molecule has 0 aliphatic carbocycles. The van der Waals surface area contributed by atoms with E-state index in [0.29, 0.717) is 6.04 Å². The molecule has 0 atom stereocenters. The van der Waals surface area contributed by atoms with Gasteiger partial charge in [-0.15, -0.1) is 0 Å². The average molecular weight is 354 g/mol. The first kappa shape index (κ1) is 20.3. The van der Waals surface area contributed by atoms with Crippen LogP contribution < -0.4 is 5.32 Å². The van der Waals surface area contributed by atoms with Gasteiger partial charge in [0, 0.05) is 23.4 Å². The van der Waals surface area contributed by atoms with E-state index in [0.717, 1.165) is 0 Å². The number of anilines is 1. The van der Waals surface area contributed by atoms with Crippen LogP contribution in [0.25, 0.3) is 11.1 Å². The molecule has 1 aromatic carbocycles. The summed E-state index contributed by atoms with van der Waals surface area (Å²) in [7, 11) is 0. The van der Waals surface area contributed by atoms with Crippen molar-refractivity contribution in [3.63, 3.8) is 0 Å². The molecule has 3 nitrogen and oxygen atoms in total. The average Bonchev–Trinajstić information content (AvgIpc) is 2.75. The summed E-state index contributed by atoms with van der Waals surface area (Å²) in [4.78, 5) is 4.80. The summed E-state index contributed by atoms with van der Waals surface area (Å²) in [6.45, 7) is 19.7. The van der Waals surface area contributed by atoms with Gasteiger partial charge in [0.2, 0.25) is 0 Å². The number of nitrogens with one attached hydrogen (secondary N) is 1. The van der Waals surface area contributed by atoms with E-state index in [-0.39, 0.29) is 11.1 Å². The van der Waals surface area contributed by atoms with Gasteiger partial charge in [0.1, 0.15) is 5.82 Å². The van der Waals surface area contributed by atoms with Crippen LogP contribution in [-0.4, -0.2) is 21.9 Å². The minimum atomic E-state index is -0.0942. The molecule has 1 aromatic heterocycles. The van der Waals surface area contributed by atoms with Crippen LogP contribution in [0.4, 0.5) is 5.82 Å². The zero-order valence-electron chi connectivity index (χ0n) is 17.9. The van der Waals surface area contributed by atoms with E-state index in [2.05, 4.69) is 109 Å². The van der Waals surface area contributed by atoms with Gasteiger partial charge in [-0.2, -0.15) is 0 Å². The number of hydrogen-bond acceptors (Lipinski definition) is 2. The Balaban J connectivity index is 2.79. The fraction of sp³-hybridized carbons (Fsp3) is 0.522. The Hall–Kier alpha value is -2.03. The fourth-order valence-corrected chi connectivity index (χ4v) is 3.11. The molecule has 142 valence electrons. The van der Waals surface area contributed by atoms with Crippen LogP contribution in [0.15, 0.2) is 35.3 Å². The first-order valence-corrected chi connectivity index (χ1v) is 9.54. The first-order valence-electron chi connectivity index (χ1n) is 9.54. The van der Waals surface area contributed by atoms with Gasteiger partial charge in [0.05, 0.1) is 11.2 Å². The summed E-state index contributed by atoms with van der Waals surface area (Å²) >= 11 is 0. The van der Waals surface area contributed by atoms with Crippen molar-refractivity contribution < 1.29 is 0 Å². The van der Waals surface area contributed by atoms with Gasteiger partial charge in [0.15, 0.2) is 0 Å². The van der Waals surface area contributed by atoms with Crippen molar-refractivity contribution in [3.8, 4) is 11.1 Å². The number of rotatable bonds is 4. The lowest BCUT2D eigenvalue weighted by molar-refractivity contribution is 0.569. The molecular weight excluding hydrogens is 318 g/mol. The fourth-order valence-electron chi connectivity index (χ4n) is 3.11. The molecule has 0 amide bonds. The monoisotopic (exact) mass is 353 g/mol. The van der Waals surface area contributed by atoms with Crippen molar-refractivity contribution in [2.24, 2.45) is 4.99 Å². The van der Waals surface area contributed by atoms with Crippen molar-refractivity contribution >= 4 is 12.0 Å². The van der Waals surface area contributed by atoms with E-state index in [9.17, 15) is 0 Å². The lowest BCUT2D eigenvalue weighted by atomic mass is 10.0. The van der Waals surface area contributed by atoms with Crippen molar-refractivity contribution in [2.45, 2.75) is 79.4 Å². The summed E-state index contributed by atoms with van der Waals surface area (Å²) in [6.07, 6.45) is 2.05. The topological polar surface area (TPSA) is 29.3 Å². The molecule has 1 N–H and O–H groups in total. The van der Waals surface area contributed by atoms with Crippen molar-refractivity contribution in [3.05, 3.63) is 41.6 Å². The Morgan fingerprint density at radius 1 is 1.00 bits per heavy atom. The van der Waals surface area contributed by atoms with E-state index in [4.69, 9.17) is 4.99 Å². The molecule has 2 aromatic rings. The molecule has 0 unspecified atom stereocenters. The second-order valence-corrected chi connectivity index (χ2v) is 9.37. The summed E-state index contributed by atoms with van der Waals surface area (Å²) < 4.78 is 2.39. The van der Waals surface area contributed by atoms with Crippen LogP contribution in [0, 0.1) is 6.92 Å². The molecule has 0 fully saturated rings. The van der Waals surface area contributed by atoms with E-state index in [1.54, 1.807) is 0 Å². The van der Waals surface area contributed by atoms with Crippen LogP contribution in [-0.2, 0) is 0 Å². The van der Waals surface area contributed by atoms with E-state index in [1.165, 1.54) is 28.2 Å². The molecule has 0 saturated heterocycles. The predicted octanol–water partition coefficient (Wildman–Crippen LogP) is 6.47. The summed E-state index contributed by atoms with van der Waals surface area (Å²) in [6, 6.07) is 11.0. The standard InChI is InChI=1S/C23H35N3/c1-16(2)26-19(15-24-22(4,5)6)17(3)20(18-13-11-10-12-14-18)21(26)25-23(7,8)9/h10-16,25H,1-9H3. The molecule has 26 heavy (non-hydrogen) atoms. The van der Waals surface area contributed by atoms with Gasteiger partial charge in [-0.05, 0) is 73.4 Å². The molecule has 0 spiro atoms. The largest absolute Gasteiger partial charge is 0.366 e. The predicted molar refractivity (Wildman–Crippen MR) is 116 cm³/mol. The third-order valence-electron chi connectivity index (χ3n) is 4.14. The molecule has 3 heteroatoms. The van der Waals surface area contributed by atoms with Crippen molar-refractivity contribution in [1.29, 1.82) is 0 Å². The van der Waals surface area contributed by atoms with Gasteiger partial charge in [0.25, 0.3) is 0 Å². The maximum atomic E-state index is 4.80. The van der Waals surface area contributed by atoms with Crippen LogP contribution in [0.2, 0.25) is 0 Å². The second kappa shape index (κ2) is 7.30. The Morgan fingerprint density at radius 3 is 2.04 bits per heavy atom. The van der Waals surface area contributed by atoms with Crippen molar-refractivity contribution in [1.82, 2.24) is 4.57 Å². The van der Waals surface area contributed by atoms with Gasteiger partial charge in [-0.3, -0.25) is 4.99 Å². The van der Waals surface area contributed by atoms with E-state index >= 15 is 0 Å². The number of aromatic nitrogens is 1. The van der Waals surface area contributed by atoms with E-state index in [1.807, 2.05) is 0 Å². The highest BCUT2D eigenvalue weighted by molar-refractivity contribution is 5.91. The van der Waals surface area contributed by atoms with Crippen LogP contribution in [0.3, 0.4) is 0 Å². The highest BCUT2D eigenvalue weighted by Gasteiger charge is 2.25. The summed E-state index contributed by atoms with van der Waals surface area (Å²) in [5.74, 6) is 1.17. The Bertz CT molecular complexity index is 767. The van der Waals surface area contributed by atoms with Crippen LogP contribution in [0.1, 0.15) is 72.7 Å². The maximum Gasteiger partial charge on any atom is 0.115 e. The van der Waals surface area contributed by atoms with Gasteiger partial charge in [-0.25, -0.2) is 0 Å². The number of nitrogens with zero attached hydrogens (tertiary/aromatic N) is 2. The lowest BCUT2D eigenvalue weighted by Crippen LogP contribution is -2.28. The zero-order valence-corrected chi connectivity index (χ0v) is 17.9.